The second kappa shape index (κ2) is 7.67. The van der Waals surface area contributed by atoms with Gasteiger partial charge < -0.3 is 9.84 Å². The van der Waals surface area contributed by atoms with Crippen LogP contribution in [-0.4, -0.2) is 30.7 Å². The Kier molecular flexibility index (Phi) is 5.33. The maximum atomic E-state index is 12.2. The topological polar surface area (TPSA) is 114 Å². The first-order valence-corrected chi connectivity index (χ1v) is 10.4. The van der Waals surface area contributed by atoms with Crippen molar-refractivity contribution in [3.63, 3.8) is 0 Å². The van der Waals surface area contributed by atoms with E-state index in [0.717, 1.165) is 11.1 Å². The van der Waals surface area contributed by atoms with E-state index in [1.807, 2.05) is 17.5 Å². The van der Waals surface area contributed by atoms with Gasteiger partial charge in [0, 0.05) is 12.8 Å². The molecular formula is C16H16N4O4S2. The van der Waals surface area contributed by atoms with Crippen molar-refractivity contribution in [2.75, 3.05) is 16.3 Å². The molecule has 0 aliphatic rings. The highest BCUT2D eigenvalue weighted by atomic mass is 32.2. The second-order valence-electron chi connectivity index (χ2n) is 5.46. The van der Waals surface area contributed by atoms with Crippen LogP contribution >= 0.6 is 11.3 Å². The summed E-state index contributed by atoms with van der Waals surface area (Å²) in [5.74, 6) is 0.577. The van der Waals surface area contributed by atoms with Crippen LogP contribution in [0.4, 0.5) is 11.4 Å². The van der Waals surface area contributed by atoms with E-state index in [-0.39, 0.29) is 18.7 Å². The van der Waals surface area contributed by atoms with Crippen molar-refractivity contribution >= 4 is 38.6 Å². The number of amides is 1. The Morgan fingerprint density at radius 1 is 1.19 bits per heavy atom. The summed E-state index contributed by atoms with van der Waals surface area (Å²) in [5, 5.41) is 8.49. The van der Waals surface area contributed by atoms with E-state index in [2.05, 4.69) is 20.2 Å². The zero-order valence-electron chi connectivity index (χ0n) is 13.8. The minimum Gasteiger partial charge on any atom is -0.339 e. The molecule has 0 bridgehead atoms. The summed E-state index contributed by atoms with van der Waals surface area (Å²) < 4.78 is 30.3. The lowest BCUT2D eigenvalue weighted by molar-refractivity contribution is -0.116. The molecule has 0 radical (unpaired) electrons. The van der Waals surface area contributed by atoms with Crippen molar-refractivity contribution < 1.29 is 17.7 Å². The number of nitrogens with zero attached hydrogens (tertiary/aromatic N) is 2. The van der Waals surface area contributed by atoms with Crippen molar-refractivity contribution in [2.45, 2.75) is 12.8 Å². The summed E-state index contributed by atoms with van der Waals surface area (Å²) in [4.78, 5) is 17.3. The first kappa shape index (κ1) is 18.1. The third-order valence-electron chi connectivity index (χ3n) is 3.27. The van der Waals surface area contributed by atoms with Gasteiger partial charge in [0.2, 0.25) is 27.6 Å². The first-order chi connectivity index (χ1) is 12.4. The SMILES string of the molecule is CS(=O)(=O)Nc1ccccc1NC(=O)CCc1nc(-c2cccs2)no1. The first-order valence-electron chi connectivity index (χ1n) is 7.64. The zero-order chi connectivity index (χ0) is 18.6. The molecule has 3 rings (SSSR count). The van der Waals surface area contributed by atoms with Gasteiger partial charge in [0.15, 0.2) is 0 Å². The van der Waals surface area contributed by atoms with Crippen molar-refractivity contribution in [2.24, 2.45) is 0 Å². The number of carbonyl (C=O) groups excluding carboxylic acids is 1. The predicted octanol–water partition coefficient (Wildman–Crippen LogP) is 2.74. The molecule has 0 aliphatic carbocycles. The van der Waals surface area contributed by atoms with E-state index in [0.29, 0.717) is 23.1 Å². The van der Waals surface area contributed by atoms with Crippen molar-refractivity contribution in [3.8, 4) is 10.7 Å². The van der Waals surface area contributed by atoms with Crippen LogP contribution in [0.1, 0.15) is 12.3 Å². The lowest BCUT2D eigenvalue weighted by atomic mass is 10.2. The van der Waals surface area contributed by atoms with Gasteiger partial charge in [-0.2, -0.15) is 4.98 Å². The number of aryl methyl sites for hydroxylation is 1. The molecule has 0 saturated carbocycles. The van der Waals surface area contributed by atoms with Crippen LogP contribution in [0.3, 0.4) is 0 Å². The highest BCUT2D eigenvalue weighted by Gasteiger charge is 2.13. The quantitative estimate of drug-likeness (QED) is 0.639. The molecular weight excluding hydrogens is 376 g/mol. The number of aromatic nitrogens is 2. The zero-order valence-corrected chi connectivity index (χ0v) is 15.4. The number of sulfonamides is 1. The number of carbonyl (C=O) groups is 1. The van der Waals surface area contributed by atoms with Gasteiger partial charge in [-0.1, -0.05) is 23.4 Å². The Hall–Kier alpha value is -2.72. The molecule has 1 aromatic carbocycles. The van der Waals surface area contributed by atoms with Crippen LogP contribution in [-0.2, 0) is 21.2 Å². The number of benzene rings is 1. The molecule has 26 heavy (non-hydrogen) atoms. The second-order valence-corrected chi connectivity index (χ2v) is 8.15. The summed E-state index contributed by atoms with van der Waals surface area (Å²) in [6, 6.07) is 10.3. The molecule has 10 heteroatoms. The molecule has 2 heterocycles. The van der Waals surface area contributed by atoms with Gasteiger partial charge in [-0.3, -0.25) is 9.52 Å². The van der Waals surface area contributed by atoms with Crippen LogP contribution in [0.5, 0.6) is 0 Å². The standard InChI is InChI=1S/C16H16N4O4S2/c1-26(22,23)20-12-6-3-2-5-11(12)17-14(21)8-9-15-18-16(19-24-15)13-7-4-10-25-13/h2-7,10,20H,8-9H2,1H3,(H,17,21). The largest absolute Gasteiger partial charge is 0.339 e. The molecule has 8 nitrogen and oxygen atoms in total. The van der Waals surface area contributed by atoms with E-state index in [4.69, 9.17) is 4.52 Å². The molecule has 1 amide bonds. The Bertz CT molecular complexity index is 997. The number of para-hydroxylation sites is 2. The monoisotopic (exact) mass is 392 g/mol. The van der Waals surface area contributed by atoms with Crippen LogP contribution in [0.25, 0.3) is 10.7 Å². The van der Waals surface area contributed by atoms with Gasteiger partial charge in [0.25, 0.3) is 0 Å². The number of hydrogen-bond acceptors (Lipinski definition) is 7. The maximum absolute atomic E-state index is 12.2. The van der Waals surface area contributed by atoms with E-state index < -0.39 is 10.0 Å². The number of nitrogens with one attached hydrogen (secondary N) is 2. The highest BCUT2D eigenvalue weighted by molar-refractivity contribution is 7.92. The molecule has 0 unspecified atom stereocenters. The van der Waals surface area contributed by atoms with Gasteiger partial charge in [0.1, 0.15) is 0 Å². The van der Waals surface area contributed by atoms with Crippen LogP contribution in [0.15, 0.2) is 46.3 Å². The van der Waals surface area contributed by atoms with Crippen molar-refractivity contribution in [1.82, 2.24) is 10.1 Å². The van der Waals surface area contributed by atoms with Crippen molar-refractivity contribution in [1.29, 1.82) is 0 Å². The summed E-state index contributed by atoms with van der Waals surface area (Å²) in [6.07, 6.45) is 1.46. The Morgan fingerprint density at radius 3 is 2.65 bits per heavy atom. The summed E-state index contributed by atoms with van der Waals surface area (Å²) in [6.45, 7) is 0. The van der Waals surface area contributed by atoms with Crippen LogP contribution < -0.4 is 10.0 Å². The van der Waals surface area contributed by atoms with Crippen LogP contribution in [0.2, 0.25) is 0 Å². The average molecular weight is 392 g/mol. The van der Waals surface area contributed by atoms with Gasteiger partial charge in [-0.25, -0.2) is 8.42 Å². The molecule has 0 atom stereocenters. The predicted molar refractivity (Wildman–Crippen MR) is 99.5 cm³/mol. The molecule has 0 saturated heterocycles. The van der Waals surface area contributed by atoms with Gasteiger partial charge >= 0.3 is 0 Å². The van der Waals surface area contributed by atoms with Gasteiger partial charge in [0.05, 0.1) is 22.5 Å². The normalized spacial score (nSPS) is 11.3. The third-order valence-corrected chi connectivity index (χ3v) is 4.73. The smallest absolute Gasteiger partial charge is 0.229 e. The Labute approximate surface area is 154 Å². The minimum absolute atomic E-state index is 0.124. The molecule has 136 valence electrons. The van der Waals surface area contributed by atoms with E-state index >= 15 is 0 Å². The lowest BCUT2D eigenvalue weighted by Crippen LogP contribution is -2.16. The van der Waals surface area contributed by atoms with E-state index in [1.165, 1.54) is 11.3 Å². The fourth-order valence-corrected chi connectivity index (χ4v) is 3.40. The van der Waals surface area contributed by atoms with E-state index in [9.17, 15) is 13.2 Å². The Balaban J connectivity index is 1.60. The fraction of sp³-hybridized carbons (Fsp3) is 0.188. The molecule has 3 aromatic rings. The highest BCUT2D eigenvalue weighted by Crippen LogP contribution is 2.23. The molecule has 0 fully saturated rings. The summed E-state index contributed by atoms with van der Waals surface area (Å²) >= 11 is 1.50. The van der Waals surface area contributed by atoms with E-state index in [1.54, 1.807) is 24.3 Å². The molecule has 0 spiro atoms. The third kappa shape index (κ3) is 4.90. The Morgan fingerprint density at radius 2 is 1.96 bits per heavy atom. The van der Waals surface area contributed by atoms with Gasteiger partial charge in [-0.15, -0.1) is 11.3 Å². The minimum atomic E-state index is -3.44. The van der Waals surface area contributed by atoms with Crippen LogP contribution in [0, 0.1) is 0 Å². The summed E-state index contributed by atoms with van der Waals surface area (Å²) in [5.41, 5.74) is 0.689. The summed E-state index contributed by atoms with van der Waals surface area (Å²) in [7, 11) is -3.44. The number of thiophene rings is 1. The lowest BCUT2D eigenvalue weighted by Gasteiger charge is -2.11. The fourth-order valence-electron chi connectivity index (χ4n) is 2.18. The number of anilines is 2. The number of hydrogen-bond donors (Lipinski definition) is 2. The van der Waals surface area contributed by atoms with Crippen molar-refractivity contribution in [3.05, 3.63) is 47.7 Å². The average Bonchev–Trinajstić information content (AvgIpc) is 3.24. The molecule has 0 aliphatic heterocycles. The number of rotatable bonds is 7. The van der Waals surface area contributed by atoms with Gasteiger partial charge in [-0.05, 0) is 23.6 Å². The molecule has 2 aromatic heterocycles. The maximum Gasteiger partial charge on any atom is 0.229 e. The molecule has 2 N–H and O–H groups in total.